The lowest BCUT2D eigenvalue weighted by molar-refractivity contribution is -0.384. The maximum Gasteiger partial charge on any atom is 0.407 e. The highest BCUT2D eigenvalue weighted by molar-refractivity contribution is 5.66. The Hall–Kier alpha value is -2.31. The van der Waals surface area contributed by atoms with Crippen molar-refractivity contribution in [2.24, 2.45) is 0 Å². The summed E-state index contributed by atoms with van der Waals surface area (Å²) in [5.41, 5.74) is 0.444. The van der Waals surface area contributed by atoms with Crippen LogP contribution in [0.25, 0.3) is 0 Å². The number of para-hydroxylation sites is 2. The van der Waals surface area contributed by atoms with E-state index in [1.165, 1.54) is 11.0 Å². The maximum atomic E-state index is 10.9. The molecule has 1 fully saturated rings. The van der Waals surface area contributed by atoms with Gasteiger partial charge in [-0.1, -0.05) is 12.1 Å². The molecule has 0 bridgehead atoms. The summed E-state index contributed by atoms with van der Waals surface area (Å²) in [6, 6.07) is 6.30. The predicted octanol–water partition coefficient (Wildman–Crippen LogP) is 2.15. The Morgan fingerprint density at radius 3 is 2.89 bits per heavy atom. The molecule has 1 aliphatic heterocycles. The first kappa shape index (κ1) is 13.1. The summed E-state index contributed by atoms with van der Waals surface area (Å²) >= 11 is 0. The van der Waals surface area contributed by atoms with Gasteiger partial charge in [-0.25, -0.2) is 4.79 Å². The second-order valence-corrected chi connectivity index (χ2v) is 4.49. The van der Waals surface area contributed by atoms with E-state index in [1.54, 1.807) is 18.2 Å². The van der Waals surface area contributed by atoms with Gasteiger partial charge in [0.15, 0.2) is 0 Å². The summed E-state index contributed by atoms with van der Waals surface area (Å²) in [4.78, 5) is 22.7. The minimum atomic E-state index is -0.950. The minimum Gasteiger partial charge on any atom is -0.465 e. The molecule has 0 aliphatic carbocycles. The summed E-state index contributed by atoms with van der Waals surface area (Å²) in [6.45, 7) is 0.867. The number of nitrogens with one attached hydrogen (secondary N) is 1. The molecule has 1 amide bonds. The number of rotatable bonds is 3. The number of carboxylic acid groups (broad SMARTS) is 1. The quantitative estimate of drug-likeness (QED) is 0.644. The summed E-state index contributed by atoms with van der Waals surface area (Å²) in [6.07, 6.45) is 0.606. The number of carbonyl (C=O) groups is 1. The Kier molecular flexibility index (Phi) is 3.84. The molecule has 0 saturated carbocycles. The number of amides is 1. The highest BCUT2D eigenvalue weighted by atomic mass is 16.6. The van der Waals surface area contributed by atoms with Crippen LogP contribution in [0.3, 0.4) is 0 Å². The number of hydrogen-bond acceptors (Lipinski definition) is 4. The molecule has 1 aromatic carbocycles. The highest BCUT2D eigenvalue weighted by Gasteiger charge is 2.24. The zero-order valence-corrected chi connectivity index (χ0v) is 10.3. The van der Waals surface area contributed by atoms with Crippen LogP contribution >= 0.6 is 0 Å². The first-order valence-corrected chi connectivity index (χ1v) is 6.06. The molecule has 1 heterocycles. The Balaban J connectivity index is 2.09. The maximum absolute atomic E-state index is 10.9. The molecule has 2 rings (SSSR count). The number of hydrogen-bond donors (Lipinski definition) is 2. The van der Waals surface area contributed by atoms with E-state index in [4.69, 9.17) is 5.11 Å². The third kappa shape index (κ3) is 3.12. The van der Waals surface area contributed by atoms with Crippen molar-refractivity contribution in [1.29, 1.82) is 0 Å². The third-order valence-electron chi connectivity index (χ3n) is 3.15. The van der Waals surface area contributed by atoms with E-state index in [9.17, 15) is 14.9 Å². The topological polar surface area (TPSA) is 95.7 Å². The number of benzene rings is 1. The number of likely N-dealkylation sites (tertiary alicyclic amines) is 1. The largest absolute Gasteiger partial charge is 0.465 e. The Labute approximate surface area is 110 Å². The number of nitro groups is 1. The van der Waals surface area contributed by atoms with Crippen LogP contribution in [0.5, 0.6) is 0 Å². The molecule has 1 aromatic rings. The fourth-order valence-corrected chi connectivity index (χ4v) is 2.24. The fraction of sp³-hybridized carbons (Fsp3) is 0.417. The smallest absolute Gasteiger partial charge is 0.407 e. The van der Waals surface area contributed by atoms with Crippen molar-refractivity contribution in [3.8, 4) is 0 Å². The molecule has 2 N–H and O–H groups in total. The first-order chi connectivity index (χ1) is 9.08. The number of piperidine rings is 1. The highest BCUT2D eigenvalue weighted by Crippen LogP contribution is 2.25. The fourth-order valence-electron chi connectivity index (χ4n) is 2.24. The monoisotopic (exact) mass is 265 g/mol. The van der Waals surface area contributed by atoms with Crippen molar-refractivity contribution in [3.05, 3.63) is 34.4 Å². The number of nitro benzene ring substituents is 1. The second kappa shape index (κ2) is 5.55. The first-order valence-electron chi connectivity index (χ1n) is 6.06. The van der Waals surface area contributed by atoms with Crippen molar-refractivity contribution in [2.45, 2.75) is 18.9 Å². The van der Waals surface area contributed by atoms with Gasteiger partial charge in [0.1, 0.15) is 5.69 Å². The molecule has 0 unspecified atom stereocenters. The van der Waals surface area contributed by atoms with E-state index in [-0.39, 0.29) is 11.7 Å². The Bertz CT molecular complexity index is 492. The van der Waals surface area contributed by atoms with Gasteiger partial charge in [0.05, 0.1) is 4.92 Å². The van der Waals surface area contributed by atoms with E-state index in [1.807, 2.05) is 0 Å². The van der Waals surface area contributed by atoms with E-state index >= 15 is 0 Å². The van der Waals surface area contributed by atoms with Gasteiger partial charge in [0, 0.05) is 25.2 Å². The van der Waals surface area contributed by atoms with Crippen molar-refractivity contribution >= 4 is 17.5 Å². The molecule has 19 heavy (non-hydrogen) atoms. The Morgan fingerprint density at radius 1 is 1.47 bits per heavy atom. The zero-order valence-electron chi connectivity index (χ0n) is 10.3. The van der Waals surface area contributed by atoms with Crippen LogP contribution in [-0.2, 0) is 0 Å². The molecule has 1 aliphatic rings. The van der Waals surface area contributed by atoms with Crippen molar-refractivity contribution in [3.63, 3.8) is 0 Å². The van der Waals surface area contributed by atoms with Gasteiger partial charge in [0.25, 0.3) is 5.69 Å². The molecule has 7 nitrogen and oxygen atoms in total. The van der Waals surface area contributed by atoms with Crippen LogP contribution in [0.4, 0.5) is 16.2 Å². The van der Waals surface area contributed by atoms with Gasteiger partial charge >= 0.3 is 6.09 Å². The van der Waals surface area contributed by atoms with Crippen molar-refractivity contribution < 1.29 is 14.8 Å². The van der Waals surface area contributed by atoms with Gasteiger partial charge in [0.2, 0.25) is 0 Å². The van der Waals surface area contributed by atoms with Gasteiger partial charge in [-0.2, -0.15) is 0 Å². The molecular weight excluding hydrogens is 250 g/mol. The molecule has 1 atom stereocenters. The molecule has 102 valence electrons. The molecule has 7 heteroatoms. The lowest BCUT2D eigenvalue weighted by atomic mass is 10.1. The van der Waals surface area contributed by atoms with Gasteiger partial charge < -0.3 is 15.3 Å². The van der Waals surface area contributed by atoms with E-state index in [0.29, 0.717) is 18.8 Å². The van der Waals surface area contributed by atoms with Gasteiger partial charge in [-0.15, -0.1) is 0 Å². The summed E-state index contributed by atoms with van der Waals surface area (Å²) in [5.74, 6) is 0. The minimum absolute atomic E-state index is 0.00921. The van der Waals surface area contributed by atoms with Gasteiger partial charge in [-0.3, -0.25) is 10.1 Å². The predicted molar refractivity (Wildman–Crippen MR) is 69.3 cm³/mol. The lowest BCUT2D eigenvalue weighted by Crippen LogP contribution is -2.44. The molecule has 0 spiro atoms. The average Bonchev–Trinajstić information content (AvgIpc) is 2.39. The van der Waals surface area contributed by atoms with E-state index in [2.05, 4.69) is 5.32 Å². The summed E-state index contributed by atoms with van der Waals surface area (Å²) < 4.78 is 0. The second-order valence-electron chi connectivity index (χ2n) is 4.49. The third-order valence-corrected chi connectivity index (χ3v) is 3.15. The zero-order chi connectivity index (χ0) is 13.8. The SMILES string of the molecule is O=C(O)N1CCC[C@@H](Nc2ccccc2[N+](=O)[O-])C1. The molecular formula is C12H15N3O4. The lowest BCUT2D eigenvalue weighted by Gasteiger charge is -2.31. The van der Waals surface area contributed by atoms with Gasteiger partial charge in [-0.05, 0) is 18.9 Å². The summed E-state index contributed by atoms with van der Waals surface area (Å²) in [7, 11) is 0. The van der Waals surface area contributed by atoms with Crippen LogP contribution in [-0.4, -0.2) is 40.2 Å². The number of nitrogens with zero attached hydrogens (tertiary/aromatic N) is 2. The Morgan fingerprint density at radius 2 is 2.21 bits per heavy atom. The van der Waals surface area contributed by atoms with Crippen LogP contribution in [0.2, 0.25) is 0 Å². The molecule has 1 saturated heterocycles. The van der Waals surface area contributed by atoms with Crippen molar-refractivity contribution in [2.75, 3.05) is 18.4 Å². The average molecular weight is 265 g/mol. The van der Waals surface area contributed by atoms with E-state index in [0.717, 1.165) is 12.8 Å². The van der Waals surface area contributed by atoms with Crippen LogP contribution < -0.4 is 5.32 Å². The molecule has 0 radical (unpaired) electrons. The van der Waals surface area contributed by atoms with Crippen molar-refractivity contribution in [1.82, 2.24) is 4.90 Å². The van der Waals surface area contributed by atoms with E-state index < -0.39 is 11.0 Å². The standard InChI is InChI=1S/C12H15N3O4/c16-12(17)14-7-3-4-9(8-14)13-10-5-1-2-6-11(10)15(18)19/h1-2,5-6,9,13H,3-4,7-8H2,(H,16,17)/t9-/m1/s1. The normalized spacial score (nSPS) is 18.9. The molecule has 0 aromatic heterocycles. The number of anilines is 1. The van der Waals surface area contributed by atoms with Crippen LogP contribution in [0.15, 0.2) is 24.3 Å². The van der Waals surface area contributed by atoms with Crippen LogP contribution in [0, 0.1) is 10.1 Å². The summed E-state index contributed by atoms with van der Waals surface area (Å²) in [5, 5.41) is 22.9. The van der Waals surface area contributed by atoms with Crippen LogP contribution in [0.1, 0.15) is 12.8 Å².